The Morgan fingerprint density at radius 1 is 1.27 bits per heavy atom. The molecule has 0 radical (unpaired) electrons. The average Bonchev–Trinajstić information content (AvgIpc) is 3.15. The number of H-pyrrole nitrogens is 1. The van der Waals surface area contributed by atoms with E-state index in [1.165, 1.54) is 0 Å². The molecule has 2 aliphatic rings. The normalized spacial score (nSPS) is 21.0. The number of carbonyl (C=O) groups is 2. The summed E-state index contributed by atoms with van der Waals surface area (Å²) in [5.74, 6) is 1.55. The summed E-state index contributed by atoms with van der Waals surface area (Å²) in [6, 6.07) is 7.54. The van der Waals surface area contributed by atoms with Gasteiger partial charge in [0.15, 0.2) is 12.1 Å². The molecule has 30 heavy (non-hydrogen) atoms. The standard InChI is InChI=1S/C21H22N6O3/c1-12-4-17-20(23-11-22-17)18(5-12)30-16-6-13(7-16)21(29)24-15-8-27(9-15)19-3-2-14(10-28)25-26-19/h2-5,10-11,13,15-16H,6-9H2,1H3,(H,22,23)(H,24,29). The van der Waals surface area contributed by atoms with Gasteiger partial charge in [-0.3, -0.25) is 9.59 Å². The molecule has 1 aliphatic heterocycles. The Bertz CT molecular complexity index is 1080. The van der Waals surface area contributed by atoms with Crippen molar-refractivity contribution in [3.63, 3.8) is 0 Å². The van der Waals surface area contributed by atoms with Crippen molar-refractivity contribution in [2.24, 2.45) is 5.92 Å². The molecule has 3 heterocycles. The molecule has 2 aromatic heterocycles. The first-order chi connectivity index (χ1) is 14.6. The molecule has 1 saturated heterocycles. The maximum absolute atomic E-state index is 12.5. The zero-order valence-corrected chi connectivity index (χ0v) is 16.5. The second kappa shape index (κ2) is 7.40. The summed E-state index contributed by atoms with van der Waals surface area (Å²) in [7, 11) is 0. The van der Waals surface area contributed by atoms with Crippen molar-refractivity contribution < 1.29 is 14.3 Å². The van der Waals surface area contributed by atoms with Crippen molar-refractivity contribution in [2.45, 2.75) is 31.9 Å². The van der Waals surface area contributed by atoms with Gasteiger partial charge in [0.1, 0.15) is 23.1 Å². The summed E-state index contributed by atoms with van der Waals surface area (Å²) in [6.07, 6.45) is 3.79. The molecule has 1 aliphatic carbocycles. The number of fused-ring (bicyclic) bond motifs is 1. The van der Waals surface area contributed by atoms with Crippen molar-refractivity contribution in [3.05, 3.63) is 41.9 Å². The number of aryl methyl sites for hydroxylation is 1. The van der Waals surface area contributed by atoms with E-state index in [1.807, 2.05) is 24.0 Å². The highest BCUT2D eigenvalue weighted by molar-refractivity contribution is 5.82. The number of nitrogens with zero attached hydrogens (tertiary/aromatic N) is 4. The number of aromatic nitrogens is 4. The van der Waals surface area contributed by atoms with Crippen LogP contribution in [0.4, 0.5) is 5.82 Å². The first-order valence-corrected chi connectivity index (χ1v) is 10.0. The number of aldehydes is 1. The molecule has 3 aromatic rings. The molecule has 9 nitrogen and oxygen atoms in total. The van der Waals surface area contributed by atoms with Crippen molar-refractivity contribution in [1.29, 1.82) is 0 Å². The van der Waals surface area contributed by atoms with E-state index in [4.69, 9.17) is 4.74 Å². The molecule has 2 N–H and O–H groups in total. The highest BCUT2D eigenvalue weighted by Crippen LogP contribution is 2.34. The Balaban J connectivity index is 1.09. The number of hydrogen-bond acceptors (Lipinski definition) is 7. The number of aromatic amines is 1. The fourth-order valence-corrected chi connectivity index (χ4v) is 3.94. The van der Waals surface area contributed by atoms with E-state index < -0.39 is 0 Å². The van der Waals surface area contributed by atoms with Crippen LogP contribution in [0.1, 0.15) is 28.9 Å². The Labute approximate surface area is 172 Å². The molecule has 2 fully saturated rings. The second-order valence-corrected chi connectivity index (χ2v) is 8.01. The molecule has 0 unspecified atom stereocenters. The van der Waals surface area contributed by atoms with Crippen LogP contribution in [0.3, 0.4) is 0 Å². The van der Waals surface area contributed by atoms with Crippen LogP contribution in [0.25, 0.3) is 11.0 Å². The summed E-state index contributed by atoms with van der Waals surface area (Å²) < 4.78 is 6.11. The van der Waals surface area contributed by atoms with Crippen molar-refractivity contribution in [1.82, 2.24) is 25.5 Å². The minimum Gasteiger partial charge on any atom is -0.488 e. The van der Waals surface area contributed by atoms with Crippen LogP contribution in [-0.2, 0) is 4.79 Å². The molecule has 1 amide bonds. The van der Waals surface area contributed by atoms with Crippen molar-refractivity contribution >= 4 is 29.0 Å². The molecule has 1 saturated carbocycles. The topological polar surface area (TPSA) is 113 Å². The van der Waals surface area contributed by atoms with E-state index in [0.717, 1.165) is 22.3 Å². The number of amides is 1. The highest BCUT2D eigenvalue weighted by Gasteiger charge is 2.39. The number of benzene rings is 1. The van der Waals surface area contributed by atoms with E-state index in [0.29, 0.717) is 43.7 Å². The highest BCUT2D eigenvalue weighted by atomic mass is 16.5. The van der Waals surface area contributed by atoms with Gasteiger partial charge in [-0.2, -0.15) is 0 Å². The molecule has 9 heteroatoms. The summed E-state index contributed by atoms with van der Waals surface area (Å²) in [5.41, 5.74) is 3.20. The molecular formula is C21H22N6O3. The lowest BCUT2D eigenvalue weighted by atomic mass is 9.81. The lowest BCUT2D eigenvalue weighted by molar-refractivity contribution is -0.131. The van der Waals surface area contributed by atoms with Gasteiger partial charge in [0.2, 0.25) is 5.91 Å². The number of imidazole rings is 1. The van der Waals surface area contributed by atoms with Gasteiger partial charge in [-0.05, 0) is 49.6 Å². The number of rotatable bonds is 6. The first-order valence-electron chi connectivity index (χ1n) is 10.0. The minimum absolute atomic E-state index is 0.0183. The summed E-state index contributed by atoms with van der Waals surface area (Å²) in [6.45, 7) is 3.40. The summed E-state index contributed by atoms with van der Waals surface area (Å²) in [5, 5.41) is 11.0. The number of anilines is 1. The van der Waals surface area contributed by atoms with Crippen LogP contribution in [0.2, 0.25) is 0 Å². The lowest BCUT2D eigenvalue weighted by Crippen LogP contribution is -2.61. The quantitative estimate of drug-likeness (QED) is 0.598. The molecule has 5 rings (SSSR count). The Hall–Kier alpha value is -3.49. The van der Waals surface area contributed by atoms with Gasteiger partial charge in [-0.25, -0.2) is 4.98 Å². The van der Waals surface area contributed by atoms with E-state index in [9.17, 15) is 9.59 Å². The second-order valence-electron chi connectivity index (χ2n) is 8.01. The fraction of sp³-hybridized carbons (Fsp3) is 0.381. The van der Waals surface area contributed by atoms with E-state index in [1.54, 1.807) is 18.5 Å². The van der Waals surface area contributed by atoms with Crippen LogP contribution in [0, 0.1) is 12.8 Å². The van der Waals surface area contributed by atoms with Crippen LogP contribution in [-0.4, -0.2) is 57.6 Å². The van der Waals surface area contributed by atoms with Gasteiger partial charge in [0, 0.05) is 19.0 Å². The Morgan fingerprint density at radius 3 is 2.83 bits per heavy atom. The summed E-state index contributed by atoms with van der Waals surface area (Å²) >= 11 is 0. The lowest BCUT2D eigenvalue weighted by Gasteiger charge is -2.42. The van der Waals surface area contributed by atoms with E-state index >= 15 is 0 Å². The predicted octanol–water partition coefficient (Wildman–Crippen LogP) is 1.64. The Kier molecular flexibility index (Phi) is 4.57. The van der Waals surface area contributed by atoms with E-state index in [2.05, 4.69) is 25.5 Å². The van der Waals surface area contributed by atoms with Gasteiger partial charge in [0.25, 0.3) is 0 Å². The van der Waals surface area contributed by atoms with E-state index in [-0.39, 0.29) is 24.0 Å². The van der Waals surface area contributed by atoms with Gasteiger partial charge in [-0.1, -0.05) is 0 Å². The largest absolute Gasteiger partial charge is 0.488 e. The third-order valence-corrected chi connectivity index (χ3v) is 5.74. The fourth-order valence-electron chi connectivity index (χ4n) is 3.94. The smallest absolute Gasteiger partial charge is 0.223 e. The molecule has 0 spiro atoms. The van der Waals surface area contributed by atoms with Gasteiger partial charge < -0.3 is 19.9 Å². The van der Waals surface area contributed by atoms with Crippen LogP contribution < -0.4 is 15.0 Å². The third kappa shape index (κ3) is 3.47. The molecule has 0 bridgehead atoms. The number of ether oxygens (including phenoxy) is 1. The van der Waals surface area contributed by atoms with Crippen LogP contribution in [0.5, 0.6) is 5.75 Å². The van der Waals surface area contributed by atoms with Crippen molar-refractivity contribution in [3.8, 4) is 5.75 Å². The number of hydrogen-bond donors (Lipinski definition) is 2. The SMILES string of the molecule is Cc1cc(OC2CC(C(=O)NC3CN(c4ccc(C=O)nn4)C3)C2)c2nc[nH]c2c1. The zero-order chi connectivity index (χ0) is 20.7. The van der Waals surface area contributed by atoms with Crippen LogP contribution >= 0.6 is 0 Å². The van der Waals surface area contributed by atoms with Gasteiger partial charge in [-0.15, -0.1) is 10.2 Å². The average molecular weight is 406 g/mol. The van der Waals surface area contributed by atoms with Crippen molar-refractivity contribution in [2.75, 3.05) is 18.0 Å². The molecule has 0 atom stereocenters. The zero-order valence-electron chi connectivity index (χ0n) is 16.5. The number of carbonyl (C=O) groups excluding carboxylic acids is 2. The van der Waals surface area contributed by atoms with Gasteiger partial charge >= 0.3 is 0 Å². The maximum atomic E-state index is 12.5. The predicted molar refractivity (Wildman–Crippen MR) is 110 cm³/mol. The number of nitrogens with one attached hydrogen (secondary N) is 2. The Morgan fingerprint density at radius 2 is 2.10 bits per heavy atom. The molecule has 1 aromatic carbocycles. The summed E-state index contributed by atoms with van der Waals surface area (Å²) in [4.78, 5) is 32.6. The molecule has 154 valence electrons. The maximum Gasteiger partial charge on any atom is 0.223 e. The van der Waals surface area contributed by atoms with Gasteiger partial charge in [0.05, 0.1) is 17.9 Å². The van der Waals surface area contributed by atoms with Crippen LogP contribution in [0.15, 0.2) is 30.6 Å². The minimum atomic E-state index is -0.0183. The third-order valence-electron chi connectivity index (χ3n) is 5.74. The molecular weight excluding hydrogens is 384 g/mol. The first kappa shape index (κ1) is 18.5. The monoisotopic (exact) mass is 406 g/mol.